The summed E-state index contributed by atoms with van der Waals surface area (Å²) < 4.78 is 27.0. The number of amides is 1. The highest BCUT2D eigenvalue weighted by molar-refractivity contribution is 7.90. The van der Waals surface area contributed by atoms with Gasteiger partial charge in [0, 0.05) is 10.9 Å². The van der Waals surface area contributed by atoms with E-state index in [1.165, 1.54) is 17.4 Å². The van der Waals surface area contributed by atoms with Crippen LogP contribution >= 0.6 is 11.3 Å². The molecule has 1 aliphatic heterocycles. The van der Waals surface area contributed by atoms with Crippen LogP contribution in [0.4, 0.5) is 5.13 Å². The Labute approximate surface area is 156 Å². The standard InChI is InChI=1S/C17H20N4O3S2/c1-4-10(2)14(16(22)20-17-18-11(3)9-25-17)19-15-12-7-5-6-8-13(12)26(23,24)21-15/h5-10,14H,4H2,1-3H3,(H,19,21)(H,18,20,22)/t10-,14-/m0/s1. The largest absolute Gasteiger partial charge is 0.300 e. The second-order valence-corrected chi connectivity index (χ2v) is 8.70. The molecule has 138 valence electrons. The summed E-state index contributed by atoms with van der Waals surface area (Å²) in [5, 5.41) is 5.14. The molecule has 0 fully saturated rings. The number of benzene rings is 1. The molecule has 7 nitrogen and oxygen atoms in total. The van der Waals surface area contributed by atoms with E-state index >= 15 is 0 Å². The van der Waals surface area contributed by atoms with Crippen molar-refractivity contribution in [3.63, 3.8) is 0 Å². The van der Waals surface area contributed by atoms with Gasteiger partial charge in [0.2, 0.25) is 0 Å². The fraction of sp³-hybridized carbons (Fsp3) is 0.353. The number of rotatable bonds is 5. The molecule has 9 heteroatoms. The topological polar surface area (TPSA) is 101 Å². The maximum atomic E-state index is 12.8. The van der Waals surface area contributed by atoms with Gasteiger partial charge in [0.1, 0.15) is 11.9 Å². The zero-order valence-electron chi connectivity index (χ0n) is 14.7. The molecule has 0 radical (unpaired) electrons. The predicted octanol–water partition coefficient (Wildman–Crippen LogP) is 2.54. The number of aromatic nitrogens is 1. The van der Waals surface area contributed by atoms with E-state index in [1.807, 2.05) is 26.2 Å². The van der Waals surface area contributed by atoms with E-state index in [9.17, 15) is 13.2 Å². The van der Waals surface area contributed by atoms with Crippen LogP contribution in [0.15, 0.2) is 39.5 Å². The Morgan fingerprint density at radius 1 is 1.38 bits per heavy atom. The highest BCUT2D eigenvalue weighted by Gasteiger charge is 2.33. The summed E-state index contributed by atoms with van der Waals surface area (Å²) in [5.74, 6) is -0.165. The number of sulfonamides is 1. The van der Waals surface area contributed by atoms with Crippen LogP contribution in [0.1, 0.15) is 31.5 Å². The van der Waals surface area contributed by atoms with Crippen LogP contribution < -0.4 is 10.0 Å². The van der Waals surface area contributed by atoms with E-state index in [2.05, 4.69) is 20.0 Å². The van der Waals surface area contributed by atoms with Crippen molar-refractivity contribution in [1.29, 1.82) is 0 Å². The van der Waals surface area contributed by atoms with Gasteiger partial charge < -0.3 is 5.32 Å². The molecule has 1 aliphatic rings. The first kappa shape index (κ1) is 18.5. The van der Waals surface area contributed by atoms with Crippen LogP contribution in [0.5, 0.6) is 0 Å². The van der Waals surface area contributed by atoms with Crippen LogP contribution in [0, 0.1) is 12.8 Å². The highest BCUT2D eigenvalue weighted by Crippen LogP contribution is 2.24. The molecule has 0 bridgehead atoms. The Bertz CT molecular complexity index is 966. The summed E-state index contributed by atoms with van der Waals surface area (Å²) in [5.41, 5.74) is 1.31. The van der Waals surface area contributed by atoms with Crippen LogP contribution in [-0.4, -0.2) is 31.2 Å². The molecule has 0 aliphatic carbocycles. The number of aryl methyl sites for hydroxylation is 1. The fourth-order valence-corrected chi connectivity index (χ4v) is 4.56. The molecule has 2 atom stereocenters. The molecule has 0 saturated heterocycles. The summed E-state index contributed by atoms with van der Waals surface area (Å²) in [6.45, 7) is 5.73. The Morgan fingerprint density at radius 3 is 2.77 bits per heavy atom. The van der Waals surface area contributed by atoms with Gasteiger partial charge in [0.25, 0.3) is 15.9 Å². The van der Waals surface area contributed by atoms with Crippen LogP contribution in [0.2, 0.25) is 0 Å². The lowest BCUT2D eigenvalue weighted by atomic mass is 9.99. The Hall–Kier alpha value is -2.26. The van der Waals surface area contributed by atoms with Gasteiger partial charge in [-0.1, -0.05) is 32.4 Å². The van der Waals surface area contributed by atoms with Crippen LogP contribution in [0.25, 0.3) is 0 Å². The molecule has 1 amide bonds. The van der Waals surface area contributed by atoms with Crippen LogP contribution in [-0.2, 0) is 14.8 Å². The van der Waals surface area contributed by atoms with Crippen molar-refractivity contribution in [3.05, 3.63) is 40.9 Å². The van der Waals surface area contributed by atoms with Gasteiger partial charge in [-0.15, -0.1) is 11.3 Å². The van der Waals surface area contributed by atoms with E-state index in [1.54, 1.807) is 18.2 Å². The lowest BCUT2D eigenvalue weighted by Gasteiger charge is -2.18. The minimum absolute atomic E-state index is 0.0687. The lowest BCUT2D eigenvalue weighted by Crippen LogP contribution is -2.34. The van der Waals surface area contributed by atoms with Crippen molar-refractivity contribution in [2.75, 3.05) is 5.32 Å². The van der Waals surface area contributed by atoms with E-state index in [4.69, 9.17) is 0 Å². The third-order valence-corrected chi connectivity index (χ3v) is 6.50. The summed E-state index contributed by atoms with van der Waals surface area (Å²) in [4.78, 5) is 21.6. The van der Waals surface area contributed by atoms with Crippen molar-refractivity contribution in [3.8, 4) is 0 Å². The highest BCUT2D eigenvalue weighted by atomic mass is 32.2. The van der Waals surface area contributed by atoms with E-state index < -0.39 is 16.1 Å². The number of hydrogen-bond donors (Lipinski definition) is 2. The number of fused-ring (bicyclic) bond motifs is 1. The number of nitrogens with one attached hydrogen (secondary N) is 2. The average Bonchev–Trinajstić information content (AvgIpc) is 3.13. The summed E-state index contributed by atoms with van der Waals surface area (Å²) in [7, 11) is -3.64. The number of aliphatic imine (C=N–C) groups is 1. The Balaban J connectivity index is 1.94. The minimum atomic E-state index is -3.64. The molecular weight excluding hydrogens is 372 g/mol. The summed E-state index contributed by atoms with van der Waals surface area (Å²) in [6.07, 6.45) is 0.722. The first-order valence-corrected chi connectivity index (χ1v) is 10.6. The van der Waals surface area contributed by atoms with Crippen molar-refractivity contribution in [1.82, 2.24) is 9.71 Å². The molecule has 2 N–H and O–H groups in total. The van der Waals surface area contributed by atoms with E-state index in [0.29, 0.717) is 10.7 Å². The number of thiazole rings is 1. The van der Waals surface area contributed by atoms with Gasteiger partial charge in [-0.05, 0) is 25.0 Å². The molecule has 2 heterocycles. The van der Waals surface area contributed by atoms with Crippen LogP contribution in [0.3, 0.4) is 0 Å². The Kier molecular flexibility index (Phi) is 5.10. The van der Waals surface area contributed by atoms with Gasteiger partial charge in [-0.25, -0.2) is 13.4 Å². The monoisotopic (exact) mass is 392 g/mol. The number of carbonyl (C=O) groups excluding carboxylic acids is 1. The minimum Gasteiger partial charge on any atom is -0.300 e. The molecule has 26 heavy (non-hydrogen) atoms. The second-order valence-electron chi connectivity index (χ2n) is 6.19. The molecule has 0 saturated carbocycles. The molecular formula is C17H20N4O3S2. The normalized spacial score (nSPS) is 18.8. The average molecular weight is 393 g/mol. The number of amidine groups is 1. The SMILES string of the molecule is CC[C@H](C)[C@H](N=C1NS(=O)(=O)c2ccccc21)C(=O)Nc1nc(C)cs1. The third-order valence-electron chi connectivity index (χ3n) is 4.23. The smallest absolute Gasteiger partial charge is 0.263 e. The first-order chi connectivity index (χ1) is 12.3. The molecule has 2 aromatic rings. The quantitative estimate of drug-likeness (QED) is 0.816. The van der Waals surface area contributed by atoms with Crippen molar-refractivity contribution in [2.45, 2.75) is 38.1 Å². The Morgan fingerprint density at radius 2 is 2.12 bits per heavy atom. The van der Waals surface area contributed by atoms with Crippen molar-refractivity contribution < 1.29 is 13.2 Å². The van der Waals surface area contributed by atoms with Gasteiger partial charge in [-0.2, -0.15) is 0 Å². The number of anilines is 1. The number of carbonyl (C=O) groups is 1. The maximum absolute atomic E-state index is 12.8. The van der Waals surface area contributed by atoms with Gasteiger partial charge in [0.05, 0.1) is 10.6 Å². The third kappa shape index (κ3) is 3.63. The number of hydrogen-bond acceptors (Lipinski definition) is 6. The first-order valence-electron chi connectivity index (χ1n) is 8.25. The van der Waals surface area contributed by atoms with Crippen molar-refractivity contribution >= 4 is 38.2 Å². The zero-order chi connectivity index (χ0) is 18.9. The van der Waals surface area contributed by atoms with E-state index in [-0.39, 0.29) is 22.6 Å². The van der Waals surface area contributed by atoms with Gasteiger partial charge in [-0.3, -0.25) is 14.5 Å². The maximum Gasteiger partial charge on any atom is 0.263 e. The lowest BCUT2D eigenvalue weighted by molar-refractivity contribution is -0.118. The summed E-state index contributed by atoms with van der Waals surface area (Å²) in [6, 6.07) is 5.88. The second kappa shape index (κ2) is 7.16. The fourth-order valence-electron chi connectivity index (χ4n) is 2.63. The molecule has 0 unspecified atom stereocenters. The molecule has 0 spiro atoms. The van der Waals surface area contributed by atoms with E-state index in [0.717, 1.165) is 12.1 Å². The summed E-state index contributed by atoms with van der Waals surface area (Å²) >= 11 is 1.34. The molecule has 1 aromatic heterocycles. The number of nitrogens with zero attached hydrogens (tertiary/aromatic N) is 2. The van der Waals surface area contributed by atoms with Gasteiger partial charge >= 0.3 is 0 Å². The predicted molar refractivity (Wildman–Crippen MR) is 102 cm³/mol. The van der Waals surface area contributed by atoms with Crippen molar-refractivity contribution in [2.24, 2.45) is 10.9 Å². The molecule has 3 rings (SSSR count). The van der Waals surface area contributed by atoms with Gasteiger partial charge in [0.15, 0.2) is 5.13 Å². The zero-order valence-corrected chi connectivity index (χ0v) is 16.3. The molecule has 1 aromatic carbocycles.